The SMILES string of the molecule is CN1CC[C@]2(CCN3CCc4c(oc5ccccc45)C3C2)N(C)C1=O.Cl. The molecule has 3 aliphatic heterocycles. The van der Waals surface area contributed by atoms with Crippen molar-refractivity contribution in [1.82, 2.24) is 14.7 Å². The van der Waals surface area contributed by atoms with Crippen molar-refractivity contribution in [2.24, 2.45) is 0 Å². The largest absolute Gasteiger partial charge is 0.459 e. The fraction of sp³-hybridized carbons (Fsp3) is 0.550. The zero-order valence-electron chi connectivity index (χ0n) is 15.4. The minimum absolute atomic E-state index is 0. The summed E-state index contributed by atoms with van der Waals surface area (Å²) in [6.45, 7) is 2.99. The van der Waals surface area contributed by atoms with E-state index in [1.54, 1.807) is 0 Å². The molecule has 5 nitrogen and oxygen atoms in total. The average molecular weight is 376 g/mol. The molecule has 1 aromatic carbocycles. The van der Waals surface area contributed by atoms with Gasteiger partial charge in [-0.2, -0.15) is 0 Å². The van der Waals surface area contributed by atoms with Gasteiger partial charge in [-0.1, -0.05) is 18.2 Å². The average Bonchev–Trinajstić information content (AvgIpc) is 3.03. The molecule has 5 rings (SSSR count). The predicted octanol–water partition coefficient (Wildman–Crippen LogP) is 3.67. The van der Waals surface area contributed by atoms with Gasteiger partial charge in [-0.25, -0.2) is 4.79 Å². The van der Waals surface area contributed by atoms with Gasteiger partial charge in [0.15, 0.2) is 0 Å². The van der Waals surface area contributed by atoms with E-state index < -0.39 is 0 Å². The van der Waals surface area contributed by atoms with Crippen LogP contribution in [0.4, 0.5) is 4.79 Å². The first-order valence-electron chi connectivity index (χ1n) is 9.32. The Hall–Kier alpha value is -1.72. The molecule has 1 unspecified atom stereocenters. The number of nitrogens with zero attached hydrogens (tertiary/aromatic N) is 3. The van der Waals surface area contributed by atoms with E-state index in [1.165, 1.54) is 10.9 Å². The number of amides is 2. The van der Waals surface area contributed by atoms with E-state index in [0.29, 0.717) is 6.04 Å². The number of para-hydroxylation sites is 1. The van der Waals surface area contributed by atoms with Gasteiger partial charge in [-0.15, -0.1) is 12.4 Å². The minimum atomic E-state index is -0.0294. The lowest BCUT2D eigenvalue weighted by atomic mass is 9.76. The van der Waals surface area contributed by atoms with Gasteiger partial charge in [0.1, 0.15) is 11.3 Å². The smallest absolute Gasteiger partial charge is 0.319 e. The van der Waals surface area contributed by atoms with Crippen LogP contribution in [0, 0.1) is 0 Å². The van der Waals surface area contributed by atoms with Crippen LogP contribution in [0.5, 0.6) is 0 Å². The highest BCUT2D eigenvalue weighted by molar-refractivity contribution is 5.85. The number of rotatable bonds is 0. The quantitative estimate of drug-likeness (QED) is 0.705. The number of fused-ring (bicyclic) bond motifs is 5. The van der Waals surface area contributed by atoms with Gasteiger partial charge in [0.2, 0.25) is 0 Å². The zero-order chi connectivity index (χ0) is 17.2. The van der Waals surface area contributed by atoms with E-state index in [-0.39, 0.29) is 24.0 Å². The molecule has 0 N–H and O–H groups in total. The number of urea groups is 1. The Bertz CT molecular complexity index is 851. The van der Waals surface area contributed by atoms with Crippen LogP contribution >= 0.6 is 12.4 Å². The van der Waals surface area contributed by atoms with Gasteiger partial charge in [0, 0.05) is 50.2 Å². The Morgan fingerprint density at radius 2 is 1.88 bits per heavy atom. The fourth-order valence-electron chi connectivity index (χ4n) is 5.15. The van der Waals surface area contributed by atoms with Crippen LogP contribution < -0.4 is 0 Å². The molecule has 2 fully saturated rings. The van der Waals surface area contributed by atoms with Crippen molar-refractivity contribution in [3.63, 3.8) is 0 Å². The summed E-state index contributed by atoms with van der Waals surface area (Å²) in [5.74, 6) is 1.14. The molecule has 2 aromatic rings. The Kier molecular flexibility index (Phi) is 4.20. The summed E-state index contributed by atoms with van der Waals surface area (Å²) in [6, 6.07) is 8.83. The summed E-state index contributed by atoms with van der Waals surface area (Å²) >= 11 is 0. The van der Waals surface area contributed by atoms with E-state index in [0.717, 1.165) is 56.7 Å². The van der Waals surface area contributed by atoms with Crippen molar-refractivity contribution < 1.29 is 9.21 Å². The van der Waals surface area contributed by atoms with Crippen LogP contribution in [0.25, 0.3) is 11.0 Å². The van der Waals surface area contributed by atoms with Crippen molar-refractivity contribution in [2.45, 2.75) is 37.3 Å². The Morgan fingerprint density at radius 1 is 1.12 bits per heavy atom. The Labute approximate surface area is 160 Å². The van der Waals surface area contributed by atoms with Crippen LogP contribution in [0.15, 0.2) is 28.7 Å². The molecule has 140 valence electrons. The number of benzene rings is 1. The molecular formula is C20H26ClN3O2. The number of halogens is 1. The molecule has 26 heavy (non-hydrogen) atoms. The van der Waals surface area contributed by atoms with Gasteiger partial charge in [0.05, 0.1) is 6.04 Å². The Balaban J connectivity index is 0.00000168. The number of carbonyl (C=O) groups is 1. The molecule has 0 radical (unpaired) electrons. The summed E-state index contributed by atoms with van der Waals surface area (Å²) in [5, 5.41) is 1.27. The van der Waals surface area contributed by atoms with Crippen LogP contribution in [0.1, 0.15) is 36.6 Å². The zero-order valence-corrected chi connectivity index (χ0v) is 16.2. The van der Waals surface area contributed by atoms with Crippen LogP contribution in [-0.2, 0) is 6.42 Å². The van der Waals surface area contributed by atoms with Gasteiger partial charge < -0.3 is 14.2 Å². The van der Waals surface area contributed by atoms with E-state index in [1.807, 2.05) is 30.0 Å². The fourth-order valence-corrected chi connectivity index (χ4v) is 5.15. The van der Waals surface area contributed by atoms with Crippen molar-refractivity contribution in [3.05, 3.63) is 35.6 Å². The van der Waals surface area contributed by atoms with Gasteiger partial charge >= 0.3 is 6.03 Å². The van der Waals surface area contributed by atoms with Crippen molar-refractivity contribution in [3.8, 4) is 0 Å². The molecular weight excluding hydrogens is 350 g/mol. The number of carbonyl (C=O) groups excluding carboxylic acids is 1. The summed E-state index contributed by atoms with van der Waals surface area (Å²) < 4.78 is 6.32. The van der Waals surface area contributed by atoms with Gasteiger partial charge in [-0.05, 0) is 31.7 Å². The number of hydrogen-bond acceptors (Lipinski definition) is 3. The predicted molar refractivity (Wildman–Crippen MR) is 104 cm³/mol. The maximum absolute atomic E-state index is 12.6. The maximum atomic E-state index is 12.6. The first-order chi connectivity index (χ1) is 12.1. The first-order valence-corrected chi connectivity index (χ1v) is 9.32. The van der Waals surface area contributed by atoms with Crippen LogP contribution in [0.2, 0.25) is 0 Å². The molecule has 0 saturated carbocycles. The van der Waals surface area contributed by atoms with E-state index in [4.69, 9.17) is 4.42 Å². The lowest BCUT2D eigenvalue weighted by Crippen LogP contribution is -2.63. The maximum Gasteiger partial charge on any atom is 0.319 e. The second kappa shape index (κ2) is 6.17. The number of hydrogen-bond donors (Lipinski definition) is 0. The van der Waals surface area contributed by atoms with E-state index in [2.05, 4.69) is 23.1 Å². The molecule has 1 aromatic heterocycles. The third-order valence-corrected chi connectivity index (χ3v) is 6.80. The highest BCUT2D eigenvalue weighted by Gasteiger charge is 2.49. The molecule has 4 heterocycles. The normalized spacial score (nSPS) is 28.8. The molecule has 0 bridgehead atoms. The van der Waals surface area contributed by atoms with Crippen molar-refractivity contribution in [2.75, 3.05) is 33.7 Å². The molecule has 6 heteroatoms. The topological polar surface area (TPSA) is 39.9 Å². The summed E-state index contributed by atoms with van der Waals surface area (Å²) in [7, 11) is 3.88. The van der Waals surface area contributed by atoms with Crippen LogP contribution in [0.3, 0.4) is 0 Å². The molecule has 2 amide bonds. The molecule has 1 spiro atoms. The van der Waals surface area contributed by atoms with Crippen molar-refractivity contribution >= 4 is 29.4 Å². The number of piperidine rings is 1. The molecule has 2 atom stereocenters. The highest BCUT2D eigenvalue weighted by Crippen LogP contribution is 2.47. The van der Waals surface area contributed by atoms with Gasteiger partial charge in [0.25, 0.3) is 0 Å². The third-order valence-electron chi connectivity index (χ3n) is 6.80. The third kappa shape index (κ3) is 2.37. The van der Waals surface area contributed by atoms with Gasteiger partial charge in [-0.3, -0.25) is 4.90 Å². The molecule has 0 aliphatic carbocycles. The second-order valence-electron chi connectivity index (χ2n) is 7.93. The molecule has 3 aliphatic rings. The number of furan rings is 1. The summed E-state index contributed by atoms with van der Waals surface area (Å²) in [4.78, 5) is 19.0. The van der Waals surface area contributed by atoms with E-state index >= 15 is 0 Å². The van der Waals surface area contributed by atoms with E-state index in [9.17, 15) is 4.79 Å². The highest BCUT2D eigenvalue weighted by atomic mass is 35.5. The lowest BCUT2D eigenvalue weighted by molar-refractivity contribution is -0.0185. The Morgan fingerprint density at radius 3 is 2.73 bits per heavy atom. The first kappa shape index (κ1) is 17.7. The van der Waals surface area contributed by atoms with Crippen LogP contribution in [-0.4, -0.2) is 60.0 Å². The standard InChI is InChI=1S/C20H25N3O2.ClH/c1-21-11-8-20(22(2)19(21)24)9-12-23-10-7-15-14-5-3-4-6-17(14)25-18(15)16(23)13-20;/h3-6,16H,7-13H2,1-2H3;1H/t16?,20-;/m1./s1. The monoisotopic (exact) mass is 375 g/mol. The summed E-state index contributed by atoms with van der Waals surface area (Å²) in [5.41, 5.74) is 2.36. The molecule has 2 saturated heterocycles. The van der Waals surface area contributed by atoms with Crippen molar-refractivity contribution in [1.29, 1.82) is 0 Å². The lowest BCUT2D eigenvalue weighted by Gasteiger charge is -2.54. The summed E-state index contributed by atoms with van der Waals surface area (Å²) in [6.07, 6.45) is 4.16. The second-order valence-corrected chi connectivity index (χ2v) is 7.93. The minimum Gasteiger partial charge on any atom is -0.459 e.